The zero-order valence-corrected chi connectivity index (χ0v) is 17.4. The molecule has 6 heteroatoms. The van der Waals surface area contributed by atoms with Crippen LogP contribution in [0.5, 0.6) is 0 Å². The molecule has 0 aromatic carbocycles. The Labute approximate surface area is 167 Å². The van der Waals surface area contributed by atoms with Gasteiger partial charge in [-0.05, 0) is 60.8 Å². The normalized spacial score (nSPS) is 58.5. The second-order valence-corrected chi connectivity index (χ2v) is 11.0. The maximum absolute atomic E-state index is 11.5. The molecule has 6 nitrogen and oxygen atoms in total. The van der Waals surface area contributed by atoms with Gasteiger partial charge in [0, 0.05) is 0 Å². The van der Waals surface area contributed by atoms with Gasteiger partial charge in [0.25, 0.3) is 0 Å². The average molecular weight is 397 g/mol. The Hall–Kier alpha value is -0.500. The molecule has 0 radical (unpaired) electrons. The van der Waals surface area contributed by atoms with Gasteiger partial charge in [-0.15, -0.1) is 0 Å². The summed E-state index contributed by atoms with van der Waals surface area (Å²) in [5.41, 5.74) is -2.82. The van der Waals surface area contributed by atoms with Crippen molar-refractivity contribution in [3.05, 3.63) is 12.2 Å². The zero-order chi connectivity index (χ0) is 20.9. The van der Waals surface area contributed by atoms with Crippen LogP contribution in [0.4, 0.5) is 0 Å². The Morgan fingerprint density at radius 1 is 0.964 bits per heavy atom. The van der Waals surface area contributed by atoms with E-state index in [2.05, 4.69) is 27.4 Å². The van der Waals surface area contributed by atoms with Crippen molar-refractivity contribution in [3.8, 4) is 0 Å². The van der Waals surface area contributed by atoms with Crippen molar-refractivity contribution in [2.45, 2.75) is 102 Å². The smallest absolute Gasteiger partial charge is 0.123 e. The summed E-state index contributed by atoms with van der Waals surface area (Å²) in [6.07, 6.45) is -2.17. The molecule has 10 atom stereocenters. The van der Waals surface area contributed by atoms with Crippen LogP contribution in [0, 0.1) is 22.7 Å². The molecule has 3 aliphatic carbocycles. The molecule has 0 aromatic heterocycles. The summed E-state index contributed by atoms with van der Waals surface area (Å²) in [6.45, 7) is 12.3. The summed E-state index contributed by atoms with van der Waals surface area (Å²) < 4.78 is 6.30. The lowest BCUT2D eigenvalue weighted by Crippen LogP contribution is -2.77. The quantitative estimate of drug-likeness (QED) is 0.393. The first kappa shape index (κ1) is 20.8. The number of aliphatic hydroxyl groups is 5. The zero-order valence-electron chi connectivity index (χ0n) is 17.4. The van der Waals surface area contributed by atoms with E-state index >= 15 is 0 Å². The van der Waals surface area contributed by atoms with Crippen LogP contribution in [0.2, 0.25) is 0 Å². The third-order valence-electron chi connectivity index (χ3n) is 9.15. The molecule has 28 heavy (non-hydrogen) atoms. The summed E-state index contributed by atoms with van der Waals surface area (Å²) in [5, 5.41) is 54.4. The van der Waals surface area contributed by atoms with E-state index < -0.39 is 41.7 Å². The molecule has 160 valence electrons. The highest BCUT2D eigenvalue weighted by molar-refractivity contribution is 5.28. The molecule has 0 bridgehead atoms. The molecule has 1 saturated heterocycles. The number of hydrogen-bond donors (Lipinski definition) is 5. The molecule has 4 rings (SSSR count). The minimum atomic E-state index is -1.80. The van der Waals surface area contributed by atoms with Gasteiger partial charge in [0.05, 0.1) is 11.7 Å². The highest BCUT2D eigenvalue weighted by Gasteiger charge is 2.70. The van der Waals surface area contributed by atoms with E-state index in [0.717, 1.165) is 19.3 Å². The van der Waals surface area contributed by atoms with Crippen molar-refractivity contribution in [1.82, 2.24) is 0 Å². The van der Waals surface area contributed by atoms with Crippen LogP contribution in [-0.2, 0) is 4.74 Å². The van der Waals surface area contributed by atoms with Crippen LogP contribution < -0.4 is 0 Å². The lowest BCUT2D eigenvalue weighted by atomic mass is 9.42. The van der Waals surface area contributed by atoms with E-state index in [0.29, 0.717) is 6.42 Å². The predicted octanol–water partition coefficient (Wildman–Crippen LogP) is 1.13. The van der Waals surface area contributed by atoms with Gasteiger partial charge in [-0.25, -0.2) is 0 Å². The van der Waals surface area contributed by atoms with Gasteiger partial charge in [0.1, 0.15) is 30.0 Å². The fourth-order valence-corrected chi connectivity index (χ4v) is 7.40. The highest BCUT2D eigenvalue weighted by atomic mass is 16.6. The second kappa shape index (κ2) is 6.02. The van der Waals surface area contributed by atoms with Gasteiger partial charge in [-0.3, -0.25) is 0 Å². The van der Waals surface area contributed by atoms with Gasteiger partial charge in [0.15, 0.2) is 0 Å². The van der Waals surface area contributed by atoms with Gasteiger partial charge in [0.2, 0.25) is 0 Å². The molecule has 0 unspecified atom stereocenters. The van der Waals surface area contributed by atoms with Crippen molar-refractivity contribution in [1.29, 1.82) is 0 Å². The topological polar surface area (TPSA) is 110 Å². The lowest BCUT2D eigenvalue weighted by molar-refractivity contribution is -0.353. The van der Waals surface area contributed by atoms with Crippen molar-refractivity contribution in [2.24, 2.45) is 22.7 Å². The Bertz CT molecular complexity index is 678. The minimum absolute atomic E-state index is 0.0393. The number of fused-ring (bicyclic) bond motifs is 4. The fourth-order valence-electron chi connectivity index (χ4n) is 7.40. The second-order valence-electron chi connectivity index (χ2n) is 11.0. The molecule has 1 aliphatic heterocycles. The van der Waals surface area contributed by atoms with Crippen LogP contribution in [0.1, 0.15) is 59.8 Å². The lowest BCUT2D eigenvalue weighted by Gasteiger charge is -2.68. The maximum Gasteiger partial charge on any atom is 0.123 e. The first-order chi connectivity index (χ1) is 12.8. The maximum atomic E-state index is 11.5. The largest absolute Gasteiger partial charge is 0.390 e. The van der Waals surface area contributed by atoms with E-state index in [-0.39, 0.29) is 34.7 Å². The number of rotatable bonds is 0. The van der Waals surface area contributed by atoms with Crippen LogP contribution in [0.3, 0.4) is 0 Å². The molecule has 0 amide bonds. The highest BCUT2D eigenvalue weighted by Crippen LogP contribution is 2.66. The Balaban J connectivity index is 1.80. The number of aliphatic hydroxyl groups excluding tert-OH is 4. The summed E-state index contributed by atoms with van der Waals surface area (Å²) in [4.78, 5) is 0. The van der Waals surface area contributed by atoms with Crippen molar-refractivity contribution < 1.29 is 30.3 Å². The van der Waals surface area contributed by atoms with Crippen LogP contribution in [0.25, 0.3) is 0 Å². The monoisotopic (exact) mass is 396 g/mol. The molecule has 4 fully saturated rings. The molecule has 1 heterocycles. The van der Waals surface area contributed by atoms with E-state index in [4.69, 9.17) is 4.74 Å². The molecule has 5 N–H and O–H groups in total. The van der Waals surface area contributed by atoms with Crippen molar-refractivity contribution in [2.75, 3.05) is 0 Å². The van der Waals surface area contributed by atoms with Crippen LogP contribution >= 0.6 is 0 Å². The Morgan fingerprint density at radius 3 is 2.25 bits per heavy atom. The summed E-state index contributed by atoms with van der Waals surface area (Å²) in [7, 11) is 0. The molecule has 0 aromatic rings. The molecular formula is C22H36O6. The summed E-state index contributed by atoms with van der Waals surface area (Å²) >= 11 is 0. The fraction of sp³-hybridized carbons (Fsp3) is 0.909. The first-order valence-electron chi connectivity index (χ1n) is 10.6. The van der Waals surface area contributed by atoms with Crippen LogP contribution in [-0.4, -0.2) is 67.3 Å². The summed E-state index contributed by atoms with van der Waals surface area (Å²) in [6, 6.07) is 0. The van der Waals surface area contributed by atoms with Crippen molar-refractivity contribution in [3.63, 3.8) is 0 Å². The Morgan fingerprint density at radius 2 is 1.61 bits per heavy atom. The van der Waals surface area contributed by atoms with E-state index in [1.807, 2.05) is 6.92 Å². The standard InChI is InChI=1S/C22H36O6/c1-11-15(24)17(26)22(27)10-13-20(4)8-6-7-19(2,3)12(20)9-14(23)21(13,5)28-18(22)16(11)25/h12-18,23-27H,1,6-10H2,2-5H3/t12-,13+,14+,15-,16+,17+,18+,20-,21-,22+/m0/s1. The summed E-state index contributed by atoms with van der Waals surface area (Å²) in [5.74, 6) is 0.0473. The van der Waals surface area contributed by atoms with Gasteiger partial charge in [-0.1, -0.05) is 33.8 Å². The Kier molecular flexibility index (Phi) is 4.46. The third-order valence-corrected chi connectivity index (χ3v) is 9.15. The van der Waals surface area contributed by atoms with Crippen LogP contribution in [0.15, 0.2) is 12.2 Å². The predicted molar refractivity (Wildman–Crippen MR) is 103 cm³/mol. The van der Waals surface area contributed by atoms with E-state index in [1.165, 1.54) is 0 Å². The number of ether oxygens (including phenoxy) is 1. The molecule has 3 saturated carbocycles. The molecule has 4 aliphatic rings. The van der Waals surface area contributed by atoms with Gasteiger partial charge < -0.3 is 30.3 Å². The minimum Gasteiger partial charge on any atom is -0.390 e. The van der Waals surface area contributed by atoms with E-state index in [1.54, 1.807) is 0 Å². The SMILES string of the molecule is C=C1[C@@H](O)[C@H]2O[C@]3(C)[C@H](O)C[C@H]4C(C)(C)CCC[C@]4(C)[C@H]3C[C@@]2(O)[C@H](O)[C@H]1O. The number of hydrogen-bond acceptors (Lipinski definition) is 6. The third kappa shape index (κ3) is 2.42. The van der Waals surface area contributed by atoms with E-state index in [9.17, 15) is 25.5 Å². The van der Waals surface area contributed by atoms with Gasteiger partial charge in [-0.2, -0.15) is 0 Å². The molecular weight excluding hydrogens is 360 g/mol. The van der Waals surface area contributed by atoms with Crippen molar-refractivity contribution >= 4 is 0 Å². The molecule has 0 spiro atoms. The first-order valence-corrected chi connectivity index (χ1v) is 10.6. The average Bonchev–Trinajstić information content (AvgIpc) is 2.61. The van der Waals surface area contributed by atoms with Gasteiger partial charge >= 0.3 is 0 Å².